The van der Waals surface area contributed by atoms with Crippen LogP contribution >= 0.6 is 0 Å². The molecule has 0 saturated heterocycles. The van der Waals surface area contributed by atoms with Crippen molar-refractivity contribution in [1.29, 1.82) is 0 Å². The van der Waals surface area contributed by atoms with Gasteiger partial charge < -0.3 is 14.2 Å². The predicted molar refractivity (Wildman–Crippen MR) is 68.5 cm³/mol. The molecule has 1 unspecified atom stereocenters. The molecule has 0 spiro atoms. The third kappa shape index (κ3) is 4.99. The molecule has 0 heterocycles. The number of rotatable bonds is 3. The van der Waals surface area contributed by atoms with Crippen molar-refractivity contribution in [2.24, 2.45) is 0 Å². The average molecular weight is 266 g/mol. The number of carbonyl (C=O) groups excluding carboxylic acids is 2. The third-order valence-corrected chi connectivity index (χ3v) is 2.12. The monoisotopic (exact) mass is 266 g/mol. The summed E-state index contributed by atoms with van der Waals surface area (Å²) in [4.78, 5) is 23.3. The first kappa shape index (κ1) is 15.0. The average Bonchev–Trinajstić information content (AvgIpc) is 2.34. The van der Waals surface area contributed by atoms with Gasteiger partial charge in [-0.15, -0.1) is 0 Å². The van der Waals surface area contributed by atoms with Gasteiger partial charge in [-0.2, -0.15) is 0 Å². The molecule has 0 aliphatic heterocycles. The Bertz CT molecular complexity index is 433. The number of carbonyl (C=O) groups is 2. The van der Waals surface area contributed by atoms with E-state index in [1.54, 1.807) is 51.1 Å². The molecule has 0 amide bonds. The minimum Gasteiger partial charge on any atom is -0.466 e. The maximum Gasteiger partial charge on any atom is 0.509 e. The van der Waals surface area contributed by atoms with Gasteiger partial charge in [0.1, 0.15) is 5.60 Å². The first-order chi connectivity index (χ1) is 8.83. The number of methoxy groups -OCH3 is 1. The molecular weight excluding hydrogens is 248 g/mol. The molecule has 104 valence electrons. The van der Waals surface area contributed by atoms with E-state index in [2.05, 4.69) is 4.74 Å². The summed E-state index contributed by atoms with van der Waals surface area (Å²) >= 11 is 0. The minimum absolute atomic E-state index is 0.528. The van der Waals surface area contributed by atoms with E-state index in [-0.39, 0.29) is 0 Å². The highest BCUT2D eigenvalue weighted by Gasteiger charge is 2.28. The molecule has 0 saturated carbocycles. The Kier molecular flexibility index (Phi) is 4.92. The Morgan fingerprint density at radius 1 is 1.11 bits per heavy atom. The van der Waals surface area contributed by atoms with Crippen molar-refractivity contribution >= 4 is 12.1 Å². The van der Waals surface area contributed by atoms with Gasteiger partial charge in [-0.05, 0) is 20.8 Å². The van der Waals surface area contributed by atoms with Gasteiger partial charge in [0.25, 0.3) is 0 Å². The molecule has 1 atom stereocenters. The summed E-state index contributed by atoms with van der Waals surface area (Å²) in [5.41, 5.74) is -0.158. The Labute approximate surface area is 112 Å². The zero-order valence-corrected chi connectivity index (χ0v) is 11.5. The molecule has 0 N–H and O–H groups in total. The Morgan fingerprint density at radius 3 is 2.16 bits per heavy atom. The van der Waals surface area contributed by atoms with Crippen molar-refractivity contribution in [3.05, 3.63) is 35.9 Å². The molecule has 5 heteroatoms. The van der Waals surface area contributed by atoms with Gasteiger partial charge in [-0.3, -0.25) is 0 Å². The topological polar surface area (TPSA) is 61.8 Å². The summed E-state index contributed by atoms with van der Waals surface area (Å²) in [7, 11) is 1.23. The van der Waals surface area contributed by atoms with Crippen molar-refractivity contribution in [1.82, 2.24) is 0 Å². The van der Waals surface area contributed by atoms with Crippen molar-refractivity contribution in [2.75, 3.05) is 7.11 Å². The minimum atomic E-state index is -1.12. The second-order valence-electron chi connectivity index (χ2n) is 4.90. The lowest BCUT2D eigenvalue weighted by Crippen LogP contribution is -2.28. The molecule has 0 bridgehead atoms. The number of hydrogen-bond acceptors (Lipinski definition) is 5. The SMILES string of the molecule is COC(=O)C(OC(=O)OC(C)(C)C)c1ccccc1. The first-order valence-electron chi connectivity index (χ1n) is 5.86. The van der Waals surface area contributed by atoms with E-state index in [9.17, 15) is 9.59 Å². The van der Waals surface area contributed by atoms with E-state index in [4.69, 9.17) is 9.47 Å². The molecule has 0 aromatic heterocycles. The quantitative estimate of drug-likeness (QED) is 0.787. The summed E-state index contributed by atoms with van der Waals surface area (Å²) < 4.78 is 14.7. The zero-order chi connectivity index (χ0) is 14.5. The lowest BCUT2D eigenvalue weighted by atomic mass is 10.1. The second-order valence-corrected chi connectivity index (χ2v) is 4.90. The van der Waals surface area contributed by atoms with Gasteiger partial charge in [0.05, 0.1) is 7.11 Å². The molecule has 19 heavy (non-hydrogen) atoms. The maximum atomic E-state index is 11.7. The summed E-state index contributed by atoms with van der Waals surface area (Å²) in [6.45, 7) is 5.14. The van der Waals surface area contributed by atoms with E-state index < -0.39 is 23.8 Å². The molecule has 1 aromatic rings. The van der Waals surface area contributed by atoms with Gasteiger partial charge in [0.2, 0.25) is 6.10 Å². The van der Waals surface area contributed by atoms with Gasteiger partial charge in [-0.25, -0.2) is 9.59 Å². The van der Waals surface area contributed by atoms with E-state index >= 15 is 0 Å². The molecule has 0 aliphatic rings. The number of benzene rings is 1. The van der Waals surface area contributed by atoms with E-state index in [0.29, 0.717) is 5.56 Å². The summed E-state index contributed by atoms with van der Waals surface area (Å²) in [5, 5.41) is 0. The van der Waals surface area contributed by atoms with Gasteiger partial charge in [-0.1, -0.05) is 30.3 Å². The molecule has 5 nitrogen and oxygen atoms in total. The van der Waals surface area contributed by atoms with Crippen molar-refractivity contribution in [2.45, 2.75) is 32.5 Å². The molecule has 0 aliphatic carbocycles. The van der Waals surface area contributed by atoms with Crippen LogP contribution in [0, 0.1) is 0 Å². The van der Waals surface area contributed by atoms with E-state index in [0.717, 1.165) is 0 Å². The van der Waals surface area contributed by atoms with Crippen LogP contribution in [0.25, 0.3) is 0 Å². The summed E-state index contributed by atoms with van der Waals surface area (Å²) in [6.07, 6.45) is -2.03. The van der Waals surface area contributed by atoms with Crippen molar-refractivity contribution in [3.8, 4) is 0 Å². The highest BCUT2D eigenvalue weighted by atomic mass is 16.7. The highest BCUT2D eigenvalue weighted by Crippen LogP contribution is 2.21. The van der Waals surface area contributed by atoms with Crippen LogP contribution in [0.5, 0.6) is 0 Å². The van der Waals surface area contributed by atoms with Crippen LogP contribution in [0.4, 0.5) is 4.79 Å². The van der Waals surface area contributed by atoms with Crippen LogP contribution in [0.1, 0.15) is 32.4 Å². The number of ether oxygens (including phenoxy) is 3. The van der Waals surface area contributed by atoms with Crippen LogP contribution in [0.15, 0.2) is 30.3 Å². The molecular formula is C14H18O5. The first-order valence-corrected chi connectivity index (χ1v) is 5.86. The van der Waals surface area contributed by atoms with Crippen LogP contribution in [0.2, 0.25) is 0 Å². The van der Waals surface area contributed by atoms with Gasteiger partial charge in [0, 0.05) is 5.56 Å². The fourth-order valence-electron chi connectivity index (χ4n) is 1.36. The third-order valence-electron chi connectivity index (χ3n) is 2.12. The standard InChI is InChI=1S/C14H18O5/c1-14(2,3)19-13(16)18-11(12(15)17-4)10-8-6-5-7-9-10/h5-9,11H,1-4H3. The number of esters is 1. The normalized spacial score (nSPS) is 12.4. The summed E-state index contributed by atoms with van der Waals surface area (Å²) in [6, 6.07) is 8.62. The largest absolute Gasteiger partial charge is 0.509 e. The van der Waals surface area contributed by atoms with Crippen molar-refractivity contribution in [3.63, 3.8) is 0 Å². The van der Waals surface area contributed by atoms with E-state index in [1.807, 2.05) is 0 Å². The highest BCUT2D eigenvalue weighted by molar-refractivity contribution is 5.79. The summed E-state index contributed by atoms with van der Waals surface area (Å²) in [5.74, 6) is -0.656. The fraction of sp³-hybridized carbons (Fsp3) is 0.429. The van der Waals surface area contributed by atoms with Crippen LogP contribution in [0.3, 0.4) is 0 Å². The fourth-order valence-corrected chi connectivity index (χ4v) is 1.36. The van der Waals surface area contributed by atoms with Crippen LogP contribution < -0.4 is 0 Å². The van der Waals surface area contributed by atoms with Gasteiger partial charge in [0.15, 0.2) is 0 Å². The van der Waals surface area contributed by atoms with E-state index in [1.165, 1.54) is 7.11 Å². The zero-order valence-electron chi connectivity index (χ0n) is 11.5. The lowest BCUT2D eigenvalue weighted by molar-refractivity contribution is -0.153. The van der Waals surface area contributed by atoms with Crippen molar-refractivity contribution < 1.29 is 23.8 Å². The molecule has 0 radical (unpaired) electrons. The second kappa shape index (κ2) is 6.22. The Hall–Kier alpha value is -2.04. The molecule has 1 rings (SSSR count). The van der Waals surface area contributed by atoms with Crippen LogP contribution in [-0.4, -0.2) is 24.8 Å². The predicted octanol–water partition coefficient (Wildman–Crippen LogP) is 2.85. The van der Waals surface area contributed by atoms with Crippen LogP contribution in [-0.2, 0) is 19.0 Å². The number of hydrogen-bond donors (Lipinski definition) is 0. The Morgan fingerprint density at radius 2 is 1.68 bits per heavy atom. The smallest absolute Gasteiger partial charge is 0.466 e. The Balaban J connectivity index is 2.83. The molecule has 1 aromatic carbocycles. The molecule has 0 fully saturated rings. The maximum absolute atomic E-state index is 11.7. The lowest BCUT2D eigenvalue weighted by Gasteiger charge is -2.21. The van der Waals surface area contributed by atoms with Gasteiger partial charge >= 0.3 is 12.1 Å².